The van der Waals surface area contributed by atoms with E-state index in [0.29, 0.717) is 0 Å². The standard InChI is InChI=1S/C53H36N4/c1-3-16-35(17-4-1)51-54-52(36-18-5-2-6-19-36)56-53(55-51)44-25-13-24-43-41-23-12-11-22-40(41)42-29-28-37(32-45(42)48(43)44)57-46-30-26-33-14-7-9-20-38(33)49(46)50-39-21-10-8-15-34(39)27-31-47(50)57/h1-26,28-30,32,51H,27,31H2,(H,54,55,56). The molecular formula is C53H36N4. The SMILES string of the molecule is c1ccc(C2=NC(c3ccccc3)NC(c3cccc4c5ccccc5c5ccc(-n6c7c(c8c9ccccc9ccc86)-c6ccccc6CC7)cc5c34)=N2)cc1. The molecule has 0 radical (unpaired) electrons. The molecule has 2 aliphatic rings. The molecule has 0 amide bonds. The van der Waals surface area contributed by atoms with Crippen molar-refractivity contribution in [1.82, 2.24) is 9.88 Å². The van der Waals surface area contributed by atoms with Crippen LogP contribution in [0.3, 0.4) is 0 Å². The third kappa shape index (κ3) is 4.94. The maximum Gasteiger partial charge on any atom is 0.159 e. The van der Waals surface area contributed by atoms with Crippen LogP contribution in [0.2, 0.25) is 0 Å². The van der Waals surface area contributed by atoms with Gasteiger partial charge in [-0.2, -0.15) is 0 Å². The maximum atomic E-state index is 5.31. The third-order valence-electron chi connectivity index (χ3n) is 12.1. The van der Waals surface area contributed by atoms with E-state index in [1.807, 2.05) is 6.07 Å². The number of hydrogen-bond acceptors (Lipinski definition) is 3. The molecule has 0 bridgehead atoms. The average molecular weight is 729 g/mol. The Kier molecular flexibility index (Phi) is 7.08. The average Bonchev–Trinajstić information content (AvgIpc) is 3.64. The van der Waals surface area contributed by atoms with E-state index in [1.54, 1.807) is 0 Å². The van der Waals surface area contributed by atoms with Gasteiger partial charge in [0, 0.05) is 38.8 Å². The number of hydrogen-bond donors (Lipinski definition) is 1. The highest BCUT2D eigenvalue weighted by Gasteiger charge is 2.27. The summed E-state index contributed by atoms with van der Waals surface area (Å²) in [6.07, 6.45) is 1.70. The molecule has 1 N–H and O–H groups in total. The zero-order chi connectivity index (χ0) is 37.5. The molecule has 4 nitrogen and oxygen atoms in total. The van der Waals surface area contributed by atoms with E-state index < -0.39 is 0 Å². The Bertz CT molecular complexity index is 3320. The lowest BCUT2D eigenvalue weighted by molar-refractivity contribution is 0.674. The van der Waals surface area contributed by atoms with Crippen molar-refractivity contribution in [2.45, 2.75) is 19.0 Å². The van der Waals surface area contributed by atoms with E-state index in [9.17, 15) is 0 Å². The molecule has 2 heterocycles. The van der Waals surface area contributed by atoms with Crippen molar-refractivity contribution < 1.29 is 0 Å². The highest BCUT2D eigenvalue weighted by atomic mass is 15.2. The van der Waals surface area contributed by atoms with Crippen molar-refractivity contribution in [2.75, 3.05) is 0 Å². The summed E-state index contributed by atoms with van der Waals surface area (Å²) in [7, 11) is 0. The first-order valence-electron chi connectivity index (χ1n) is 19.8. The van der Waals surface area contributed by atoms with Gasteiger partial charge in [-0.1, -0.05) is 164 Å². The predicted octanol–water partition coefficient (Wildman–Crippen LogP) is 12.5. The van der Waals surface area contributed by atoms with Crippen molar-refractivity contribution >= 4 is 65.7 Å². The molecule has 1 unspecified atom stereocenters. The van der Waals surface area contributed by atoms with Gasteiger partial charge in [-0.3, -0.25) is 0 Å². The summed E-state index contributed by atoms with van der Waals surface area (Å²) in [5.74, 6) is 1.54. The van der Waals surface area contributed by atoms with Crippen LogP contribution >= 0.6 is 0 Å². The molecule has 268 valence electrons. The number of rotatable bonds is 4. The van der Waals surface area contributed by atoms with Gasteiger partial charge < -0.3 is 9.88 Å². The Hall–Kier alpha value is -7.30. The van der Waals surface area contributed by atoms with E-state index in [2.05, 4.69) is 186 Å². The Balaban J connectivity index is 1.15. The number of benzene rings is 9. The molecule has 0 spiro atoms. The van der Waals surface area contributed by atoms with Gasteiger partial charge in [-0.15, -0.1) is 0 Å². The summed E-state index contributed by atoms with van der Waals surface area (Å²) >= 11 is 0. The molecule has 12 rings (SSSR count). The predicted molar refractivity (Wildman–Crippen MR) is 238 cm³/mol. The van der Waals surface area contributed by atoms with Gasteiger partial charge in [0.15, 0.2) is 5.84 Å². The molecule has 0 saturated heterocycles. The third-order valence-corrected chi connectivity index (χ3v) is 12.1. The highest BCUT2D eigenvalue weighted by molar-refractivity contribution is 6.31. The molecule has 9 aromatic carbocycles. The van der Waals surface area contributed by atoms with Crippen LogP contribution in [-0.4, -0.2) is 16.2 Å². The van der Waals surface area contributed by atoms with E-state index in [0.717, 1.165) is 41.2 Å². The number of amidine groups is 2. The number of nitrogens with zero attached hydrogens (tertiary/aromatic N) is 3. The summed E-state index contributed by atoms with van der Waals surface area (Å²) < 4.78 is 2.55. The van der Waals surface area contributed by atoms with Gasteiger partial charge in [0.1, 0.15) is 12.0 Å². The van der Waals surface area contributed by atoms with Crippen molar-refractivity contribution in [1.29, 1.82) is 0 Å². The lowest BCUT2D eigenvalue weighted by atomic mass is 9.87. The second-order valence-electron chi connectivity index (χ2n) is 15.2. The van der Waals surface area contributed by atoms with Crippen LogP contribution in [0.25, 0.3) is 70.8 Å². The summed E-state index contributed by atoms with van der Waals surface area (Å²) in [6.45, 7) is 0. The summed E-state index contributed by atoms with van der Waals surface area (Å²) in [4.78, 5) is 10.5. The number of aliphatic imine (C=N–C) groups is 2. The van der Waals surface area contributed by atoms with Gasteiger partial charge in [0.05, 0.1) is 5.52 Å². The van der Waals surface area contributed by atoms with Crippen LogP contribution in [0, 0.1) is 0 Å². The minimum absolute atomic E-state index is 0.290. The van der Waals surface area contributed by atoms with E-state index in [-0.39, 0.29) is 6.17 Å². The van der Waals surface area contributed by atoms with E-state index in [4.69, 9.17) is 9.98 Å². The first-order valence-corrected chi connectivity index (χ1v) is 19.8. The molecule has 57 heavy (non-hydrogen) atoms. The van der Waals surface area contributed by atoms with Crippen LogP contribution < -0.4 is 5.32 Å². The Morgan fingerprint density at radius 2 is 1.19 bits per heavy atom. The fourth-order valence-corrected chi connectivity index (χ4v) is 9.61. The van der Waals surface area contributed by atoms with Crippen LogP contribution in [0.4, 0.5) is 0 Å². The lowest BCUT2D eigenvalue weighted by Gasteiger charge is -2.25. The molecule has 0 saturated carbocycles. The van der Waals surface area contributed by atoms with Crippen molar-refractivity contribution in [3.05, 3.63) is 210 Å². The topological polar surface area (TPSA) is 41.7 Å². The van der Waals surface area contributed by atoms with Crippen molar-refractivity contribution in [2.24, 2.45) is 9.98 Å². The Morgan fingerprint density at radius 3 is 2.05 bits per heavy atom. The van der Waals surface area contributed by atoms with Crippen LogP contribution in [0.1, 0.15) is 34.1 Å². The van der Waals surface area contributed by atoms with Crippen LogP contribution in [0.5, 0.6) is 0 Å². The largest absolute Gasteiger partial charge is 0.344 e. The molecule has 1 atom stereocenters. The van der Waals surface area contributed by atoms with E-state index >= 15 is 0 Å². The molecule has 1 aliphatic heterocycles. The van der Waals surface area contributed by atoms with Gasteiger partial charge in [0.2, 0.25) is 0 Å². The maximum absolute atomic E-state index is 5.31. The second-order valence-corrected chi connectivity index (χ2v) is 15.2. The fraction of sp³-hybridized carbons (Fsp3) is 0.0566. The monoisotopic (exact) mass is 728 g/mol. The first kappa shape index (κ1) is 32.0. The number of aryl methyl sites for hydroxylation is 1. The van der Waals surface area contributed by atoms with Crippen molar-refractivity contribution in [3.8, 4) is 16.8 Å². The van der Waals surface area contributed by atoms with Gasteiger partial charge >= 0.3 is 0 Å². The van der Waals surface area contributed by atoms with Crippen LogP contribution in [0.15, 0.2) is 192 Å². The summed E-state index contributed by atoms with van der Waals surface area (Å²) in [5, 5.41) is 15.0. The van der Waals surface area contributed by atoms with Gasteiger partial charge in [-0.25, -0.2) is 9.98 Å². The zero-order valence-electron chi connectivity index (χ0n) is 31.2. The second kappa shape index (κ2) is 12.6. The van der Waals surface area contributed by atoms with Gasteiger partial charge in [0.25, 0.3) is 0 Å². The van der Waals surface area contributed by atoms with Gasteiger partial charge in [-0.05, 0) is 85.4 Å². The summed E-state index contributed by atoms with van der Waals surface area (Å²) in [6, 6.07) is 65.9. The zero-order valence-corrected chi connectivity index (χ0v) is 31.2. The molecule has 1 aliphatic carbocycles. The smallest absolute Gasteiger partial charge is 0.159 e. The molecule has 1 aromatic heterocycles. The summed E-state index contributed by atoms with van der Waals surface area (Å²) in [5.41, 5.74) is 11.1. The lowest BCUT2D eigenvalue weighted by Crippen LogP contribution is -2.33. The normalized spacial score (nSPS) is 15.1. The quantitative estimate of drug-likeness (QED) is 0.180. The number of aromatic nitrogens is 1. The van der Waals surface area contributed by atoms with Crippen LogP contribution in [-0.2, 0) is 12.8 Å². The minimum Gasteiger partial charge on any atom is -0.344 e. The van der Waals surface area contributed by atoms with E-state index in [1.165, 1.54) is 82.1 Å². The Labute approximate surface area is 330 Å². The molecule has 0 fully saturated rings. The molecule has 10 aromatic rings. The molecule has 4 heteroatoms. The number of fused-ring (bicyclic) bond motifs is 13. The Morgan fingerprint density at radius 1 is 0.509 bits per heavy atom. The van der Waals surface area contributed by atoms with Crippen molar-refractivity contribution in [3.63, 3.8) is 0 Å². The first-order chi connectivity index (χ1) is 28.3. The minimum atomic E-state index is -0.290. The number of nitrogens with one attached hydrogen (secondary N) is 1. The highest BCUT2D eigenvalue weighted by Crippen LogP contribution is 2.46. The molecular weight excluding hydrogens is 693 g/mol. The fourth-order valence-electron chi connectivity index (χ4n) is 9.61.